The van der Waals surface area contributed by atoms with Gasteiger partial charge in [0.05, 0.1) is 15.1 Å². The van der Waals surface area contributed by atoms with Crippen LogP contribution in [0.15, 0.2) is 36.4 Å². The number of benzene rings is 2. The number of hydrogen-bond acceptors (Lipinski definition) is 4. The predicted octanol–water partition coefficient (Wildman–Crippen LogP) is 4.02. The van der Waals surface area contributed by atoms with Gasteiger partial charge in [0.1, 0.15) is 11.6 Å². The minimum absolute atomic E-state index is 0.166. The van der Waals surface area contributed by atoms with Gasteiger partial charge < -0.3 is 14.8 Å². The number of ether oxygens (including phenoxy) is 2. The van der Waals surface area contributed by atoms with E-state index in [1.165, 1.54) is 36.4 Å². The fourth-order valence-corrected chi connectivity index (χ4v) is 2.38. The van der Waals surface area contributed by atoms with Crippen LogP contribution in [0.1, 0.15) is 5.56 Å². The van der Waals surface area contributed by atoms with E-state index < -0.39 is 25.1 Å². The molecule has 5 nitrogen and oxygen atoms in total. The zero-order valence-corrected chi connectivity index (χ0v) is 15.5. The van der Waals surface area contributed by atoms with Gasteiger partial charge in [-0.2, -0.15) is 0 Å². The van der Waals surface area contributed by atoms with Gasteiger partial charge >= 0.3 is 5.97 Å². The molecule has 0 bridgehead atoms. The van der Waals surface area contributed by atoms with Crippen LogP contribution in [0.4, 0.5) is 4.39 Å². The van der Waals surface area contributed by atoms with E-state index in [1.807, 2.05) is 0 Å². The molecule has 0 saturated carbocycles. The first-order valence-corrected chi connectivity index (χ1v) is 8.42. The largest absolute Gasteiger partial charge is 0.480 e. The molecule has 0 unspecified atom stereocenters. The molecule has 0 saturated heterocycles. The highest BCUT2D eigenvalue weighted by molar-refractivity contribution is 6.43. The fourth-order valence-electron chi connectivity index (χ4n) is 1.79. The summed E-state index contributed by atoms with van der Waals surface area (Å²) in [6, 6.07) is 8.40. The third-order valence-electron chi connectivity index (χ3n) is 3.09. The first-order chi connectivity index (χ1) is 12.3. The SMILES string of the molecule is O=C(COC(=O)COc1cc(Cl)c(Cl)cc1Cl)NCc1ccc(F)cc1. The van der Waals surface area contributed by atoms with E-state index in [2.05, 4.69) is 5.32 Å². The van der Waals surface area contributed by atoms with Crippen LogP contribution in [0.25, 0.3) is 0 Å². The van der Waals surface area contributed by atoms with Gasteiger partial charge in [-0.3, -0.25) is 4.79 Å². The van der Waals surface area contributed by atoms with E-state index in [-0.39, 0.29) is 33.2 Å². The molecule has 0 radical (unpaired) electrons. The Balaban J connectivity index is 1.72. The lowest BCUT2D eigenvalue weighted by molar-refractivity contribution is -0.150. The quantitative estimate of drug-likeness (QED) is 0.543. The van der Waals surface area contributed by atoms with Gasteiger partial charge in [0.25, 0.3) is 5.91 Å². The van der Waals surface area contributed by atoms with Crippen molar-refractivity contribution in [2.24, 2.45) is 0 Å². The van der Waals surface area contributed by atoms with Gasteiger partial charge in [-0.05, 0) is 23.8 Å². The molecule has 0 heterocycles. The number of amides is 1. The number of carbonyl (C=O) groups excluding carboxylic acids is 2. The summed E-state index contributed by atoms with van der Waals surface area (Å²) in [5, 5.41) is 3.20. The monoisotopic (exact) mass is 419 g/mol. The van der Waals surface area contributed by atoms with Crippen LogP contribution < -0.4 is 10.1 Å². The lowest BCUT2D eigenvalue weighted by atomic mass is 10.2. The van der Waals surface area contributed by atoms with Crippen LogP contribution in [-0.2, 0) is 20.9 Å². The Hall–Kier alpha value is -2.02. The van der Waals surface area contributed by atoms with Gasteiger partial charge in [0.15, 0.2) is 13.2 Å². The molecule has 26 heavy (non-hydrogen) atoms. The first-order valence-electron chi connectivity index (χ1n) is 7.29. The van der Waals surface area contributed by atoms with E-state index in [9.17, 15) is 14.0 Å². The van der Waals surface area contributed by atoms with Crippen LogP contribution in [0.3, 0.4) is 0 Å². The van der Waals surface area contributed by atoms with Crippen molar-refractivity contribution in [3.8, 4) is 5.75 Å². The van der Waals surface area contributed by atoms with Crippen molar-refractivity contribution in [1.82, 2.24) is 5.32 Å². The van der Waals surface area contributed by atoms with Crippen LogP contribution in [0.2, 0.25) is 15.1 Å². The van der Waals surface area contributed by atoms with Gasteiger partial charge in [0.2, 0.25) is 0 Å². The molecule has 0 aliphatic rings. The van der Waals surface area contributed by atoms with Crippen molar-refractivity contribution in [3.05, 3.63) is 62.8 Å². The van der Waals surface area contributed by atoms with E-state index in [1.54, 1.807) is 0 Å². The van der Waals surface area contributed by atoms with Crippen molar-refractivity contribution in [3.63, 3.8) is 0 Å². The number of halogens is 4. The normalized spacial score (nSPS) is 10.3. The molecule has 0 spiro atoms. The maximum Gasteiger partial charge on any atom is 0.344 e. The molecule has 0 aromatic heterocycles. The Bertz CT molecular complexity index is 799. The summed E-state index contributed by atoms with van der Waals surface area (Å²) in [5.41, 5.74) is 0.712. The second kappa shape index (κ2) is 9.62. The average Bonchev–Trinajstić information content (AvgIpc) is 2.61. The molecule has 2 aromatic carbocycles. The van der Waals surface area contributed by atoms with Gasteiger partial charge in [0, 0.05) is 12.6 Å². The highest BCUT2D eigenvalue weighted by atomic mass is 35.5. The molecular weight excluding hydrogens is 408 g/mol. The highest BCUT2D eigenvalue weighted by Crippen LogP contribution is 2.33. The highest BCUT2D eigenvalue weighted by Gasteiger charge is 2.12. The second-order valence-corrected chi connectivity index (χ2v) is 6.27. The lowest BCUT2D eigenvalue weighted by Crippen LogP contribution is -2.29. The summed E-state index contributed by atoms with van der Waals surface area (Å²) < 4.78 is 22.8. The first kappa shape index (κ1) is 20.3. The Morgan fingerprint density at radius 1 is 0.962 bits per heavy atom. The molecule has 138 valence electrons. The molecule has 1 amide bonds. The fraction of sp³-hybridized carbons (Fsp3) is 0.176. The smallest absolute Gasteiger partial charge is 0.344 e. The molecule has 2 rings (SSSR count). The number of rotatable bonds is 7. The van der Waals surface area contributed by atoms with E-state index in [4.69, 9.17) is 44.3 Å². The second-order valence-electron chi connectivity index (χ2n) is 5.05. The minimum Gasteiger partial charge on any atom is -0.480 e. The van der Waals surface area contributed by atoms with Gasteiger partial charge in [-0.25, -0.2) is 9.18 Å². The van der Waals surface area contributed by atoms with Crippen molar-refractivity contribution in [1.29, 1.82) is 0 Å². The standard InChI is InChI=1S/C17H13Cl3FNO4/c18-12-5-14(20)15(6-13(12)19)25-9-17(24)26-8-16(23)22-7-10-1-3-11(21)4-2-10/h1-6H,7-9H2,(H,22,23). The van der Waals surface area contributed by atoms with Crippen LogP contribution in [0, 0.1) is 5.82 Å². The average molecular weight is 421 g/mol. The molecule has 0 fully saturated rings. The zero-order chi connectivity index (χ0) is 19.1. The van der Waals surface area contributed by atoms with Gasteiger partial charge in [-0.1, -0.05) is 46.9 Å². The Morgan fingerprint density at radius 3 is 2.31 bits per heavy atom. The minimum atomic E-state index is -0.760. The maximum atomic E-state index is 12.8. The topological polar surface area (TPSA) is 64.6 Å². The van der Waals surface area contributed by atoms with Crippen molar-refractivity contribution < 1.29 is 23.5 Å². The molecule has 9 heteroatoms. The van der Waals surface area contributed by atoms with E-state index >= 15 is 0 Å². The Kier molecular flexibility index (Phi) is 7.50. The van der Waals surface area contributed by atoms with Crippen LogP contribution in [0.5, 0.6) is 5.75 Å². The predicted molar refractivity (Wildman–Crippen MR) is 96.2 cm³/mol. The maximum absolute atomic E-state index is 12.8. The van der Waals surface area contributed by atoms with Crippen LogP contribution in [-0.4, -0.2) is 25.1 Å². The molecular formula is C17H13Cl3FNO4. The third-order valence-corrected chi connectivity index (χ3v) is 4.11. The number of carbonyl (C=O) groups is 2. The summed E-state index contributed by atoms with van der Waals surface area (Å²) in [7, 11) is 0. The number of nitrogens with one attached hydrogen (secondary N) is 1. The molecule has 0 atom stereocenters. The van der Waals surface area contributed by atoms with E-state index in [0.29, 0.717) is 5.56 Å². The summed E-state index contributed by atoms with van der Waals surface area (Å²) >= 11 is 17.5. The molecule has 0 aliphatic carbocycles. The Morgan fingerprint density at radius 2 is 1.62 bits per heavy atom. The van der Waals surface area contributed by atoms with Crippen molar-refractivity contribution in [2.75, 3.05) is 13.2 Å². The van der Waals surface area contributed by atoms with Crippen LogP contribution >= 0.6 is 34.8 Å². The summed E-state index contributed by atoms with van der Waals surface area (Å²) in [6.45, 7) is -0.743. The Labute approximate surface area is 163 Å². The molecule has 1 N–H and O–H groups in total. The third kappa shape index (κ3) is 6.37. The number of hydrogen-bond donors (Lipinski definition) is 1. The lowest BCUT2D eigenvalue weighted by Gasteiger charge is -2.10. The molecule has 0 aliphatic heterocycles. The summed E-state index contributed by atoms with van der Waals surface area (Å²) in [5.74, 6) is -1.46. The zero-order valence-electron chi connectivity index (χ0n) is 13.2. The molecule has 2 aromatic rings. The van der Waals surface area contributed by atoms with Crippen molar-refractivity contribution in [2.45, 2.75) is 6.54 Å². The van der Waals surface area contributed by atoms with Gasteiger partial charge in [-0.15, -0.1) is 0 Å². The van der Waals surface area contributed by atoms with E-state index in [0.717, 1.165) is 0 Å². The summed E-state index contributed by atoms with van der Waals surface area (Å²) in [6.07, 6.45) is 0. The van der Waals surface area contributed by atoms with Crippen molar-refractivity contribution >= 4 is 46.7 Å². The summed E-state index contributed by atoms with van der Waals surface area (Å²) in [4.78, 5) is 23.3. The number of esters is 1.